The Kier molecular flexibility index (Phi) is 8.27. The maximum atomic E-state index is 5.70. The molecule has 0 bridgehead atoms. The number of benzene rings is 1. The normalized spacial score (nSPS) is 19.6. The van der Waals surface area contributed by atoms with Gasteiger partial charge in [0.15, 0.2) is 17.5 Å². The van der Waals surface area contributed by atoms with E-state index in [1.54, 1.807) is 14.2 Å². The molecule has 1 unspecified atom stereocenters. The Morgan fingerprint density at radius 2 is 2.00 bits per heavy atom. The summed E-state index contributed by atoms with van der Waals surface area (Å²) in [6.45, 7) is 6.34. The SMILES string of the molecule is CCNC(=NCC1CCCO1)N1CCc2cc(OC)c(OC)cc2C1.I. The van der Waals surface area contributed by atoms with Gasteiger partial charge in [0.05, 0.1) is 26.9 Å². The summed E-state index contributed by atoms with van der Waals surface area (Å²) in [5.74, 6) is 2.55. The number of ether oxygens (including phenoxy) is 3. The second kappa shape index (κ2) is 10.2. The van der Waals surface area contributed by atoms with Crippen molar-refractivity contribution in [2.45, 2.75) is 38.8 Å². The summed E-state index contributed by atoms with van der Waals surface area (Å²) in [5.41, 5.74) is 2.59. The van der Waals surface area contributed by atoms with Gasteiger partial charge in [-0.25, -0.2) is 0 Å². The van der Waals surface area contributed by atoms with Crippen molar-refractivity contribution in [3.05, 3.63) is 23.3 Å². The highest BCUT2D eigenvalue weighted by Crippen LogP contribution is 2.33. The average Bonchev–Trinajstić information content (AvgIpc) is 3.17. The number of hydrogen-bond acceptors (Lipinski definition) is 4. The van der Waals surface area contributed by atoms with E-state index in [0.717, 1.165) is 69.5 Å². The second-order valence-electron chi connectivity index (χ2n) is 6.48. The zero-order valence-electron chi connectivity index (χ0n) is 15.9. The summed E-state index contributed by atoms with van der Waals surface area (Å²) < 4.78 is 16.6. The maximum absolute atomic E-state index is 5.70. The standard InChI is InChI=1S/C19H29N3O3.HI/c1-4-20-19(21-12-16-6-5-9-25-16)22-8-7-14-10-17(23-2)18(24-3)11-15(14)13-22;/h10-11,16H,4-9,12-13H2,1-3H3,(H,20,21);1H. The van der Waals surface area contributed by atoms with Crippen LogP contribution in [0.5, 0.6) is 11.5 Å². The molecular weight excluding hydrogens is 445 g/mol. The van der Waals surface area contributed by atoms with Crippen molar-refractivity contribution in [1.29, 1.82) is 0 Å². The van der Waals surface area contributed by atoms with Gasteiger partial charge in [-0.1, -0.05) is 0 Å². The van der Waals surface area contributed by atoms with Crippen LogP contribution in [0.15, 0.2) is 17.1 Å². The van der Waals surface area contributed by atoms with E-state index < -0.39 is 0 Å². The zero-order chi connectivity index (χ0) is 17.6. The number of halogens is 1. The van der Waals surface area contributed by atoms with Gasteiger partial charge in [-0.05, 0) is 49.4 Å². The lowest BCUT2D eigenvalue weighted by Gasteiger charge is -2.32. The number of nitrogens with one attached hydrogen (secondary N) is 1. The van der Waals surface area contributed by atoms with Crippen LogP contribution in [0.4, 0.5) is 0 Å². The largest absolute Gasteiger partial charge is 0.493 e. The van der Waals surface area contributed by atoms with E-state index >= 15 is 0 Å². The van der Waals surface area contributed by atoms with Gasteiger partial charge in [0, 0.05) is 26.2 Å². The monoisotopic (exact) mass is 475 g/mol. The summed E-state index contributed by atoms with van der Waals surface area (Å²) in [7, 11) is 3.36. The summed E-state index contributed by atoms with van der Waals surface area (Å²) >= 11 is 0. The van der Waals surface area contributed by atoms with E-state index in [1.165, 1.54) is 11.1 Å². The van der Waals surface area contributed by atoms with Crippen molar-refractivity contribution in [3.8, 4) is 11.5 Å². The maximum Gasteiger partial charge on any atom is 0.194 e. The molecule has 2 heterocycles. The van der Waals surface area contributed by atoms with Crippen molar-refractivity contribution in [2.24, 2.45) is 4.99 Å². The van der Waals surface area contributed by atoms with Crippen molar-refractivity contribution < 1.29 is 14.2 Å². The van der Waals surface area contributed by atoms with Gasteiger partial charge in [-0.3, -0.25) is 4.99 Å². The van der Waals surface area contributed by atoms with Gasteiger partial charge in [0.25, 0.3) is 0 Å². The average molecular weight is 475 g/mol. The molecule has 1 atom stereocenters. The number of guanidine groups is 1. The molecule has 146 valence electrons. The topological polar surface area (TPSA) is 55.3 Å². The van der Waals surface area contributed by atoms with Crippen LogP contribution in [0, 0.1) is 0 Å². The lowest BCUT2D eigenvalue weighted by Crippen LogP contribution is -2.44. The van der Waals surface area contributed by atoms with Gasteiger partial charge in [0.1, 0.15) is 0 Å². The Bertz CT molecular complexity index is 618. The molecule has 1 aromatic rings. The first-order valence-electron chi connectivity index (χ1n) is 9.13. The first-order chi connectivity index (χ1) is 12.2. The molecule has 26 heavy (non-hydrogen) atoms. The number of hydrogen-bond donors (Lipinski definition) is 1. The van der Waals surface area contributed by atoms with E-state index in [2.05, 4.69) is 29.3 Å². The molecule has 6 nitrogen and oxygen atoms in total. The summed E-state index contributed by atoms with van der Waals surface area (Å²) in [6.07, 6.45) is 3.51. The van der Waals surface area contributed by atoms with Crippen molar-refractivity contribution >= 4 is 29.9 Å². The molecule has 1 saturated heterocycles. The van der Waals surface area contributed by atoms with Crippen LogP contribution < -0.4 is 14.8 Å². The Morgan fingerprint density at radius 3 is 2.62 bits per heavy atom. The minimum Gasteiger partial charge on any atom is -0.493 e. The summed E-state index contributed by atoms with van der Waals surface area (Å²) in [4.78, 5) is 7.13. The van der Waals surface area contributed by atoms with Crippen molar-refractivity contribution in [1.82, 2.24) is 10.2 Å². The number of methoxy groups -OCH3 is 2. The van der Waals surface area contributed by atoms with Crippen LogP contribution in [0.1, 0.15) is 30.9 Å². The Morgan fingerprint density at radius 1 is 1.27 bits per heavy atom. The highest BCUT2D eigenvalue weighted by Gasteiger charge is 2.22. The van der Waals surface area contributed by atoms with Gasteiger partial charge >= 0.3 is 0 Å². The third kappa shape index (κ3) is 4.94. The highest BCUT2D eigenvalue weighted by atomic mass is 127. The van der Waals surface area contributed by atoms with Crippen LogP contribution in [0.25, 0.3) is 0 Å². The third-order valence-electron chi connectivity index (χ3n) is 4.82. The molecule has 1 aromatic carbocycles. The van der Waals surface area contributed by atoms with Gasteiger partial charge in [-0.2, -0.15) is 0 Å². The molecule has 2 aliphatic rings. The van der Waals surface area contributed by atoms with Gasteiger partial charge in [-0.15, -0.1) is 24.0 Å². The molecule has 3 rings (SSSR count). The Labute approximate surface area is 173 Å². The molecule has 1 fully saturated rings. The molecule has 2 aliphatic heterocycles. The first-order valence-corrected chi connectivity index (χ1v) is 9.13. The molecular formula is C19H30IN3O3. The molecule has 0 amide bonds. The molecule has 0 aromatic heterocycles. The minimum atomic E-state index is 0. The Hall–Kier alpha value is -1.22. The lowest BCUT2D eigenvalue weighted by molar-refractivity contribution is 0.117. The van der Waals surface area contributed by atoms with Crippen LogP contribution in [-0.2, 0) is 17.7 Å². The smallest absolute Gasteiger partial charge is 0.194 e. The first kappa shape index (κ1) is 21.1. The minimum absolute atomic E-state index is 0. The van der Waals surface area contributed by atoms with Crippen LogP contribution in [0.2, 0.25) is 0 Å². The molecule has 0 radical (unpaired) electrons. The Balaban J connectivity index is 0.00000243. The number of nitrogens with zero attached hydrogens (tertiary/aromatic N) is 2. The van der Waals surface area contributed by atoms with Crippen LogP contribution in [0.3, 0.4) is 0 Å². The molecule has 1 N–H and O–H groups in total. The van der Waals surface area contributed by atoms with E-state index in [9.17, 15) is 0 Å². The number of aliphatic imine (C=N–C) groups is 1. The zero-order valence-corrected chi connectivity index (χ0v) is 18.2. The lowest BCUT2D eigenvalue weighted by atomic mass is 9.99. The highest BCUT2D eigenvalue weighted by molar-refractivity contribution is 14.0. The summed E-state index contributed by atoms with van der Waals surface area (Å²) in [5, 5.41) is 3.42. The second-order valence-corrected chi connectivity index (χ2v) is 6.48. The fourth-order valence-electron chi connectivity index (χ4n) is 3.47. The van der Waals surface area contributed by atoms with Crippen molar-refractivity contribution in [2.75, 3.05) is 40.5 Å². The van der Waals surface area contributed by atoms with E-state index in [-0.39, 0.29) is 30.1 Å². The third-order valence-corrected chi connectivity index (χ3v) is 4.82. The molecule has 0 spiro atoms. The predicted molar refractivity (Wildman–Crippen MR) is 114 cm³/mol. The predicted octanol–water partition coefficient (Wildman–Crippen LogP) is 2.82. The van der Waals surface area contributed by atoms with E-state index in [0.29, 0.717) is 0 Å². The van der Waals surface area contributed by atoms with E-state index in [4.69, 9.17) is 19.2 Å². The quantitative estimate of drug-likeness (QED) is 0.404. The van der Waals surface area contributed by atoms with Crippen molar-refractivity contribution in [3.63, 3.8) is 0 Å². The van der Waals surface area contributed by atoms with Crippen LogP contribution in [-0.4, -0.2) is 57.4 Å². The summed E-state index contributed by atoms with van der Waals surface area (Å²) in [6, 6.07) is 4.19. The van der Waals surface area contributed by atoms with Gasteiger partial charge in [0.2, 0.25) is 0 Å². The fourth-order valence-corrected chi connectivity index (χ4v) is 3.47. The number of fused-ring (bicyclic) bond motifs is 1. The molecule has 7 heteroatoms. The number of rotatable bonds is 5. The fraction of sp³-hybridized carbons (Fsp3) is 0.632. The molecule has 0 aliphatic carbocycles. The van der Waals surface area contributed by atoms with Crippen LogP contribution >= 0.6 is 24.0 Å². The van der Waals surface area contributed by atoms with E-state index in [1.807, 2.05) is 0 Å². The van der Waals surface area contributed by atoms with Gasteiger partial charge < -0.3 is 24.4 Å². The molecule has 0 saturated carbocycles.